The molecule has 4 aromatic rings. The van der Waals surface area contributed by atoms with Gasteiger partial charge in [0.2, 0.25) is 0 Å². The van der Waals surface area contributed by atoms with Crippen LogP contribution in [0, 0.1) is 5.41 Å². The third-order valence-electron chi connectivity index (χ3n) is 6.02. The molecular formula is C30H30N2O2. The van der Waals surface area contributed by atoms with Crippen molar-refractivity contribution >= 4 is 5.84 Å². The van der Waals surface area contributed by atoms with Crippen LogP contribution >= 0.6 is 0 Å². The van der Waals surface area contributed by atoms with Crippen LogP contribution in [0.1, 0.15) is 41.7 Å². The second-order valence-electron chi connectivity index (χ2n) is 8.85. The Morgan fingerprint density at radius 1 is 0.676 bits per heavy atom. The molecule has 4 nitrogen and oxygen atoms in total. The van der Waals surface area contributed by atoms with Crippen molar-refractivity contribution in [1.29, 1.82) is 5.41 Å². The summed E-state index contributed by atoms with van der Waals surface area (Å²) >= 11 is 0. The molecule has 4 rings (SSSR count). The van der Waals surface area contributed by atoms with Gasteiger partial charge in [0.15, 0.2) is 0 Å². The highest BCUT2D eigenvalue weighted by Gasteiger charge is 2.22. The highest BCUT2D eigenvalue weighted by molar-refractivity contribution is 5.95. The van der Waals surface area contributed by atoms with Gasteiger partial charge in [-0.2, -0.15) is 0 Å². The molecule has 0 unspecified atom stereocenters. The van der Waals surface area contributed by atoms with Gasteiger partial charge in [-0.3, -0.25) is 5.41 Å². The Labute approximate surface area is 201 Å². The molecule has 0 saturated carbocycles. The summed E-state index contributed by atoms with van der Waals surface area (Å²) in [5.41, 5.74) is 10.8. The molecule has 0 bridgehead atoms. The van der Waals surface area contributed by atoms with Crippen molar-refractivity contribution < 1.29 is 9.47 Å². The Bertz CT molecular complexity index is 1250. The van der Waals surface area contributed by atoms with Crippen LogP contribution in [0.2, 0.25) is 0 Å². The monoisotopic (exact) mass is 450 g/mol. The Hall–Kier alpha value is -4.05. The number of rotatable bonds is 9. The van der Waals surface area contributed by atoms with Crippen LogP contribution in [0.3, 0.4) is 0 Å². The minimum absolute atomic E-state index is 0.0289. The predicted molar refractivity (Wildman–Crippen MR) is 138 cm³/mol. The van der Waals surface area contributed by atoms with Gasteiger partial charge in [-0.25, -0.2) is 0 Å². The third-order valence-corrected chi connectivity index (χ3v) is 6.02. The molecular weight excluding hydrogens is 420 g/mol. The first-order chi connectivity index (χ1) is 16.4. The first-order valence-electron chi connectivity index (χ1n) is 11.4. The molecule has 0 fully saturated rings. The molecule has 0 spiro atoms. The molecule has 0 saturated heterocycles. The van der Waals surface area contributed by atoms with E-state index >= 15 is 0 Å². The van der Waals surface area contributed by atoms with Crippen LogP contribution in [0.4, 0.5) is 0 Å². The number of hydrogen-bond acceptors (Lipinski definition) is 3. The van der Waals surface area contributed by atoms with Crippen molar-refractivity contribution in [3.05, 3.63) is 131 Å². The van der Waals surface area contributed by atoms with E-state index < -0.39 is 0 Å². The second-order valence-corrected chi connectivity index (χ2v) is 8.85. The zero-order valence-corrected chi connectivity index (χ0v) is 19.6. The normalized spacial score (nSPS) is 11.1. The lowest BCUT2D eigenvalue weighted by Gasteiger charge is -2.26. The highest BCUT2D eigenvalue weighted by atomic mass is 16.5. The summed E-state index contributed by atoms with van der Waals surface area (Å²) < 4.78 is 11.9. The maximum atomic E-state index is 7.56. The number of hydrogen-bond donors (Lipinski definition) is 2. The standard InChI is InChI=1S/C30H30N2O2/c1-30(2,25-11-4-3-5-12-25)26-14-16-27(17-15-26)33-20-22-8-6-9-23(18-22)21-34-28-13-7-10-24(19-28)29(31)32/h3-19H,20-21H2,1-2H3,(H3,31,32). The lowest BCUT2D eigenvalue weighted by atomic mass is 9.78. The average molecular weight is 451 g/mol. The Morgan fingerprint density at radius 2 is 1.26 bits per heavy atom. The third kappa shape index (κ3) is 5.65. The first-order valence-corrected chi connectivity index (χ1v) is 11.4. The summed E-state index contributed by atoms with van der Waals surface area (Å²) in [7, 11) is 0. The number of ether oxygens (including phenoxy) is 2. The number of nitrogens with one attached hydrogen (secondary N) is 1. The second kappa shape index (κ2) is 10.3. The van der Waals surface area contributed by atoms with Gasteiger partial charge in [-0.1, -0.05) is 86.6 Å². The summed E-state index contributed by atoms with van der Waals surface area (Å²) in [5.74, 6) is 1.56. The number of amidine groups is 1. The minimum Gasteiger partial charge on any atom is -0.489 e. The number of benzene rings is 4. The molecule has 0 amide bonds. The Morgan fingerprint density at radius 3 is 1.91 bits per heavy atom. The molecule has 4 heteroatoms. The molecule has 0 aliphatic heterocycles. The van der Waals surface area contributed by atoms with Gasteiger partial charge in [0.05, 0.1) is 0 Å². The molecule has 172 valence electrons. The van der Waals surface area contributed by atoms with Crippen LogP contribution in [-0.4, -0.2) is 5.84 Å². The molecule has 0 aliphatic rings. The van der Waals surface area contributed by atoms with E-state index in [4.69, 9.17) is 20.6 Å². The van der Waals surface area contributed by atoms with Gasteiger partial charge in [-0.05, 0) is 52.6 Å². The topological polar surface area (TPSA) is 68.3 Å². The maximum Gasteiger partial charge on any atom is 0.122 e. The number of nitrogens with two attached hydrogens (primary N) is 1. The van der Waals surface area contributed by atoms with Crippen LogP contribution in [0.25, 0.3) is 0 Å². The van der Waals surface area contributed by atoms with E-state index in [1.54, 1.807) is 12.1 Å². The van der Waals surface area contributed by atoms with Gasteiger partial charge in [0.1, 0.15) is 30.5 Å². The molecule has 34 heavy (non-hydrogen) atoms. The van der Waals surface area contributed by atoms with Gasteiger partial charge < -0.3 is 15.2 Å². The highest BCUT2D eigenvalue weighted by Crippen LogP contribution is 2.32. The molecule has 4 aromatic carbocycles. The van der Waals surface area contributed by atoms with E-state index in [2.05, 4.69) is 56.3 Å². The van der Waals surface area contributed by atoms with Gasteiger partial charge in [0, 0.05) is 11.0 Å². The fourth-order valence-electron chi connectivity index (χ4n) is 3.89. The smallest absolute Gasteiger partial charge is 0.122 e. The lowest BCUT2D eigenvalue weighted by molar-refractivity contribution is 0.300. The predicted octanol–water partition coefficient (Wildman–Crippen LogP) is 6.45. The van der Waals surface area contributed by atoms with E-state index in [1.165, 1.54) is 11.1 Å². The molecule has 0 heterocycles. The maximum absolute atomic E-state index is 7.56. The average Bonchev–Trinajstić information content (AvgIpc) is 2.87. The summed E-state index contributed by atoms with van der Waals surface area (Å²) in [6.07, 6.45) is 0. The van der Waals surface area contributed by atoms with Crippen molar-refractivity contribution in [2.24, 2.45) is 5.73 Å². The quantitative estimate of drug-likeness (QED) is 0.227. The van der Waals surface area contributed by atoms with Crippen molar-refractivity contribution in [3.8, 4) is 11.5 Å². The van der Waals surface area contributed by atoms with Crippen LogP contribution < -0.4 is 15.2 Å². The van der Waals surface area contributed by atoms with Gasteiger partial charge in [-0.15, -0.1) is 0 Å². The van der Waals surface area contributed by atoms with Crippen molar-refractivity contribution in [2.45, 2.75) is 32.5 Å². The Kier molecular flexibility index (Phi) is 6.98. The largest absolute Gasteiger partial charge is 0.489 e. The molecule has 0 atom stereocenters. The van der Waals surface area contributed by atoms with Gasteiger partial charge in [0.25, 0.3) is 0 Å². The summed E-state index contributed by atoms with van der Waals surface area (Å²) in [6, 6.07) is 34.3. The van der Waals surface area contributed by atoms with Gasteiger partial charge >= 0.3 is 0 Å². The molecule has 0 aliphatic carbocycles. The zero-order valence-electron chi connectivity index (χ0n) is 19.6. The van der Waals surface area contributed by atoms with Crippen LogP contribution in [0.15, 0.2) is 103 Å². The molecule has 0 radical (unpaired) electrons. The minimum atomic E-state index is -0.0714. The zero-order chi connectivity index (χ0) is 24.0. The fraction of sp³-hybridized carbons (Fsp3) is 0.167. The van der Waals surface area contributed by atoms with Crippen molar-refractivity contribution in [3.63, 3.8) is 0 Å². The van der Waals surface area contributed by atoms with Crippen LogP contribution in [0.5, 0.6) is 11.5 Å². The van der Waals surface area contributed by atoms with E-state index in [1.807, 2.05) is 48.5 Å². The first kappa shape index (κ1) is 23.1. The summed E-state index contributed by atoms with van der Waals surface area (Å²) in [5, 5.41) is 7.56. The summed E-state index contributed by atoms with van der Waals surface area (Å²) in [6.45, 7) is 5.39. The summed E-state index contributed by atoms with van der Waals surface area (Å²) in [4.78, 5) is 0. The van der Waals surface area contributed by atoms with E-state index in [0.717, 1.165) is 16.9 Å². The van der Waals surface area contributed by atoms with E-state index in [9.17, 15) is 0 Å². The van der Waals surface area contributed by atoms with Crippen molar-refractivity contribution in [1.82, 2.24) is 0 Å². The Balaban J connectivity index is 1.36. The van der Waals surface area contributed by atoms with E-state index in [0.29, 0.717) is 24.5 Å². The fourth-order valence-corrected chi connectivity index (χ4v) is 3.89. The number of nitrogen functional groups attached to an aromatic ring is 1. The van der Waals surface area contributed by atoms with Crippen LogP contribution in [-0.2, 0) is 18.6 Å². The molecule has 3 N–H and O–H groups in total. The lowest BCUT2D eigenvalue weighted by Crippen LogP contribution is -2.18. The van der Waals surface area contributed by atoms with Crippen molar-refractivity contribution in [2.75, 3.05) is 0 Å². The molecule has 0 aromatic heterocycles. The SMILES string of the molecule is CC(C)(c1ccccc1)c1ccc(OCc2cccc(COc3cccc(C(=N)N)c3)c2)cc1. The van der Waals surface area contributed by atoms with E-state index in [-0.39, 0.29) is 11.3 Å².